The van der Waals surface area contributed by atoms with Gasteiger partial charge in [-0.15, -0.1) is 0 Å². The number of nitrogens with zero attached hydrogens (tertiary/aromatic N) is 1. The highest BCUT2D eigenvalue weighted by Gasteiger charge is 2.15. The second-order valence-electron chi connectivity index (χ2n) is 3.16. The van der Waals surface area contributed by atoms with Crippen LogP contribution in [-0.2, 0) is 0 Å². The molecule has 0 radical (unpaired) electrons. The number of nitro groups is 1. The van der Waals surface area contributed by atoms with E-state index in [1.54, 1.807) is 0 Å². The maximum atomic E-state index is 11.1. The molecule has 0 aliphatic rings. The highest BCUT2D eigenvalue weighted by atomic mass is 16.6. The zero-order valence-corrected chi connectivity index (χ0v) is 8.39. The summed E-state index contributed by atoms with van der Waals surface area (Å²) in [5.74, 6) is 0.483. The molecule has 0 fully saturated rings. The van der Waals surface area contributed by atoms with Crippen molar-refractivity contribution in [3.05, 3.63) is 44.7 Å². The maximum Gasteiger partial charge on any atom is 0.293 e. The lowest BCUT2D eigenvalue weighted by Gasteiger charge is -2.04. The van der Waals surface area contributed by atoms with Gasteiger partial charge in [-0.25, -0.2) is 0 Å². The fourth-order valence-electron chi connectivity index (χ4n) is 1.54. The Bertz CT molecular complexity index is 618. The van der Waals surface area contributed by atoms with E-state index in [4.69, 9.17) is 4.74 Å². The Kier molecular flexibility index (Phi) is 2.32. The van der Waals surface area contributed by atoms with Gasteiger partial charge in [-0.2, -0.15) is 0 Å². The van der Waals surface area contributed by atoms with Gasteiger partial charge in [0.15, 0.2) is 0 Å². The Labute approximate surface area is 89.6 Å². The number of pyridine rings is 1. The molecule has 0 saturated heterocycles. The Hall–Kier alpha value is -2.37. The zero-order chi connectivity index (χ0) is 11.7. The first-order valence-corrected chi connectivity index (χ1v) is 4.48. The molecule has 16 heavy (non-hydrogen) atoms. The number of methoxy groups -OCH3 is 1. The summed E-state index contributed by atoms with van der Waals surface area (Å²) in [5.41, 5.74) is -0.353. The van der Waals surface area contributed by atoms with Crippen LogP contribution in [0, 0.1) is 10.1 Å². The van der Waals surface area contributed by atoms with Gasteiger partial charge in [0.2, 0.25) is 5.56 Å². The summed E-state index contributed by atoms with van der Waals surface area (Å²) < 4.78 is 5.06. The first-order valence-electron chi connectivity index (χ1n) is 4.48. The molecule has 0 atom stereocenters. The van der Waals surface area contributed by atoms with Crippen LogP contribution in [0.5, 0.6) is 5.75 Å². The van der Waals surface area contributed by atoms with E-state index in [0.29, 0.717) is 11.1 Å². The van der Waals surface area contributed by atoms with Gasteiger partial charge in [0.1, 0.15) is 11.3 Å². The van der Waals surface area contributed by atoms with Crippen LogP contribution in [0.25, 0.3) is 10.9 Å². The molecule has 1 N–H and O–H groups in total. The van der Waals surface area contributed by atoms with E-state index in [1.807, 2.05) is 0 Å². The molecule has 1 aromatic carbocycles. The first-order chi connectivity index (χ1) is 7.63. The van der Waals surface area contributed by atoms with Crippen molar-refractivity contribution in [1.82, 2.24) is 4.98 Å². The van der Waals surface area contributed by atoms with Crippen molar-refractivity contribution in [2.45, 2.75) is 0 Å². The SMILES string of the molecule is COc1ccc([N+](=O)[O-])c2[nH]c(=O)ccc12. The minimum Gasteiger partial charge on any atom is -0.496 e. The minimum absolute atomic E-state index is 0.145. The van der Waals surface area contributed by atoms with Crippen molar-refractivity contribution in [2.75, 3.05) is 7.11 Å². The number of benzene rings is 1. The lowest BCUT2D eigenvalue weighted by atomic mass is 10.1. The number of nitro benzene ring substituents is 1. The number of nitrogens with one attached hydrogen (secondary N) is 1. The normalized spacial score (nSPS) is 10.3. The van der Waals surface area contributed by atoms with Gasteiger partial charge in [-0.05, 0) is 12.1 Å². The number of aromatic amines is 1. The smallest absolute Gasteiger partial charge is 0.293 e. The van der Waals surface area contributed by atoms with Gasteiger partial charge in [-0.3, -0.25) is 14.9 Å². The van der Waals surface area contributed by atoms with E-state index >= 15 is 0 Å². The number of hydrogen-bond acceptors (Lipinski definition) is 4. The number of rotatable bonds is 2. The number of H-pyrrole nitrogens is 1. The van der Waals surface area contributed by atoms with E-state index in [2.05, 4.69) is 4.98 Å². The zero-order valence-electron chi connectivity index (χ0n) is 8.39. The molecule has 0 saturated carbocycles. The monoisotopic (exact) mass is 220 g/mol. The lowest BCUT2D eigenvalue weighted by Crippen LogP contribution is -2.05. The molecular weight excluding hydrogens is 212 g/mol. The number of fused-ring (bicyclic) bond motifs is 1. The molecule has 0 aliphatic carbocycles. The minimum atomic E-state index is -0.544. The van der Waals surface area contributed by atoms with Crippen LogP contribution in [0.4, 0.5) is 5.69 Å². The topological polar surface area (TPSA) is 85.2 Å². The van der Waals surface area contributed by atoms with Crippen LogP contribution in [0.3, 0.4) is 0 Å². The van der Waals surface area contributed by atoms with Gasteiger partial charge >= 0.3 is 0 Å². The van der Waals surface area contributed by atoms with Gasteiger partial charge in [0.05, 0.1) is 12.0 Å². The summed E-state index contributed by atoms with van der Waals surface area (Å²) in [5, 5.41) is 11.3. The predicted molar refractivity (Wildman–Crippen MR) is 57.8 cm³/mol. The molecule has 0 unspecified atom stereocenters. The Morgan fingerprint density at radius 2 is 2.06 bits per heavy atom. The fraction of sp³-hybridized carbons (Fsp3) is 0.100. The van der Waals surface area contributed by atoms with Crippen molar-refractivity contribution in [1.29, 1.82) is 0 Å². The molecule has 0 bridgehead atoms. The van der Waals surface area contributed by atoms with Gasteiger partial charge in [-0.1, -0.05) is 0 Å². The standard InChI is InChI=1S/C10H8N2O4/c1-16-8-4-3-7(12(14)15)10-6(8)2-5-9(13)11-10/h2-5H,1H3,(H,11,13). The molecule has 82 valence electrons. The van der Waals surface area contributed by atoms with Crippen molar-refractivity contribution in [2.24, 2.45) is 0 Å². The third kappa shape index (κ3) is 1.50. The summed E-state index contributed by atoms with van der Waals surface area (Å²) in [6.07, 6.45) is 0. The molecule has 6 heteroatoms. The number of aromatic nitrogens is 1. The van der Waals surface area contributed by atoms with Crippen LogP contribution >= 0.6 is 0 Å². The molecular formula is C10H8N2O4. The highest BCUT2D eigenvalue weighted by Crippen LogP contribution is 2.30. The summed E-state index contributed by atoms with van der Waals surface area (Å²) in [7, 11) is 1.46. The molecule has 0 spiro atoms. The van der Waals surface area contributed by atoms with Crippen LogP contribution < -0.4 is 10.3 Å². The second kappa shape index (κ2) is 3.65. The van der Waals surface area contributed by atoms with E-state index in [9.17, 15) is 14.9 Å². The average Bonchev–Trinajstić information content (AvgIpc) is 2.26. The van der Waals surface area contributed by atoms with Crippen LogP contribution in [0.2, 0.25) is 0 Å². The largest absolute Gasteiger partial charge is 0.496 e. The van der Waals surface area contributed by atoms with E-state index in [-0.39, 0.29) is 16.8 Å². The van der Waals surface area contributed by atoms with Gasteiger partial charge < -0.3 is 9.72 Å². The van der Waals surface area contributed by atoms with E-state index in [1.165, 1.54) is 31.4 Å². The molecule has 1 aromatic heterocycles. The predicted octanol–water partition coefficient (Wildman–Crippen LogP) is 1.44. The summed E-state index contributed by atoms with van der Waals surface area (Å²) >= 11 is 0. The molecule has 2 rings (SSSR count). The molecule has 0 aliphatic heterocycles. The Morgan fingerprint density at radius 3 is 2.69 bits per heavy atom. The molecule has 1 heterocycles. The van der Waals surface area contributed by atoms with Gasteiger partial charge in [0, 0.05) is 17.5 Å². The number of ether oxygens (including phenoxy) is 1. The van der Waals surface area contributed by atoms with E-state index < -0.39 is 4.92 Å². The summed E-state index contributed by atoms with van der Waals surface area (Å²) in [4.78, 5) is 23.8. The van der Waals surface area contributed by atoms with Crippen molar-refractivity contribution in [3.63, 3.8) is 0 Å². The Morgan fingerprint density at radius 1 is 1.31 bits per heavy atom. The van der Waals surface area contributed by atoms with E-state index in [0.717, 1.165) is 0 Å². The fourth-order valence-corrected chi connectivity index (χ4v) is 1.54. The molecule has 6 nitrogen and oxygen atoms in total. The van der Waals surface area contributed by atoms with Crippen LogP contribution in [-0.4, -0.2) is 17.0 Å². The lowest BCUT2D eigenvalue weighted by molar-refractivity contribution is -0.383. The first kappa shape index (κ1) is 10.2. The van der Waals surface area contributed by atoms with Gasteiger partial charge in [0.25, 0.3) is 5.69 Å². The summed E-state index contributed by atoms with van der Waals surface area (Å²) in [6, 6.07) is 5.60. The van der Waals surface area contributed by atoms with Crippen LogP contribution in [0.15, 0.2) is 29.1 Å². The Balaban J connectivity index is 2.91. The molecule has 2 aromatic rings. The summed E-state index contributed by atoms with van der Waals surface area (Å²) in [6.45, 7) is 0. The quantitative estimate of drug-likeness (QED) is 0.613. The number of hydrogen-bond donors (Lipinski definition) is 1. The van der Waals surface area contributed by atoms with Crippen molar-refractivity contribution < 1.29 is 9.66 Å². The third-order valence-corrected chi connectivity index (χ3v) is 2.25. The van der Waals surface area contributed by atoms with Crippen molar-refractivity contribution >= 4 is 16.6 Å². The highest BCUT2D eigenvalue weighted by molar-refractivity contribution is 5.91. The van der Waals surface area contributed by atoms with Crippen LogP contribution in [0.1, 0.15) is 0 Å². The van der Waals surface area contributed by atoms with Crippen molar-refractivity contribution in [3.8, 4) is 5.75 Å². The number of non-ortho nitro benzene ring substituents is 1. The maximum absolute atomic E-state index is 11.1. The second-order valence-corrected chi connectivity index (χ2v) is 3.16. The third-order valence-electron chi connectivity index (χ3n) is 2.25. The average molecular weight is 220 g/mol. The molecule has 0 amide bonds.